The molecule has 4 atom stereocenters. The van der Waals surface area contributed by atoms with Crippen molar-refractivity contribution in [1.82, 2.24) is 10.3 Å². The number of sulfone groups is 1. The number of benzene rings is 1. The number of rotatable bonds is 6. The fourth-order valence-electron chi connectivity index (χ4n) is 3.49. The number of aliphatic carboxylic acids is 1. The number of fused-ring (bicyclic) bond motifs is 1. The molecule has 1 aromatic carbocycles. The van der Waals surface area contributed by atoms with E-state index in [0.717, 1.165) is 24.1 Å². The van der Waals surface area contributed by atoms with Crippen molar-refractivity contribution in [3.8, 4) is 11.5 Å². The van der Waals surface area contributed by atoms with Crippen molar-refractivity contribution < 1.29 is 38.1 Å². The molecule has 0 saturated carbocycles. The summed E-state index contributed by atoms with van der Waals surface area (Å²) in [6.07, 6.45) is 0.500. The van der Waals surface area contributed by atoms with E-state index in [4.69, 9.17) is 11.6 Å². The molecule has 1 aromatic rings. The van der Waals surface area contributed by atoms with Crippen molar-refractivity contribution in [2.75, 3.05) is 5.32 Å². The number of hydrogen-bond donors (Lipinski definition) is 5. The van der Waals surface area contributed by atoms with Crippen LogP contribution in [0.3, 0.4) is 0 Å². The molecule has 0 aromatic heterocycles. The zero-order chi connectivity index (χ0) is 23.3. The lowest BCUT2D eigenvalue weighted by molar-refractivity contribution is -0.156. The topological polar surface area (TPSA) is 186 Å². The van der Waals surface area contributed by atoms with Gasteiger partial charge in [0, 0.05) is 6.21 Å². The molecule has 2 aliphatic heterocycles. The molecule has 2 heterocycles. The van der Waals surface area contributed by atoms with Crippen molar-refractivity contribution >= 4 is 51.1 Å². The highest BCUT2D eigenvalue weighted by Gasteiger charge is 2.69. The number of β-lactam (4-membered cyclic amide) rings is 1. The van der Waals surface area contributed by atoms with Gasteiger partial charge < -0.3 is 25.5 Å². The Morgan fingerprint density at radius 2 is 2.03 bits per heavy atom. The summed E-state index contributed by atoms with van der Waals surface area (Å²) in [6, 6.07) is -0.147. The minimum Gasteiger partial charge on any atom is -0.504 e. The highest BCUT2D eigenvalue weighted by molar-refractivity contribution is 7.94. The van der Waals surface area contributed by atoms with Crippen molar-refractivity contribution in [2.45, 2.75) is 42.5 Å². The van der Waals surface area contributed by atoms with E-state index in [1.165, 1.54) is 13.0 Å². The zero-order valence-corrected chi connectivity index (χ0v) is 17.8. The molecule has 0 spiro atoms. The number of hydrazone groups is 1. The second-order valence-electron chi connectivity index (χ2n) is 7.32. The number of carboxylic acids is 1. The lowest BCUT2D eigenvalue weighted by atomic mass is 9.97. The molecule has 0 radical (unpaired) electrons. The summed E-state index contributed by atoms with van der Waals surface area (Å²) in [5, 5.41) is 33.4. The Bertz CT molecular complexity index is 1110. The third-order valence-electron chi connectivity index (χ3n) is 5.33. The Balaban J connectivity index is 1.74. The molecule has 168 valence electrons. The summed E-state index contributed by atoms with van der Waals surface area (Å²) in [4.78, 5) is 36.5. The lowest BCUT2D eigenvalue weighted by Gasteiger charge is -2.35. The third kappa shape index (κ3) is 3.43. The van der Waals surface area contributed by atoms with Crippen LogP contribution in [-0.2, 0) is 24.2 Å². The van der Waals surface area contributed by atoms with Crippen molar-refractivity contribution in [1.29, 1.82) is 0 Å². The number of carboxylic acid groups (broad SMARTS) is 1. The Kier molecular flexibility index (Phi) is 5.52. The Labute approximate surface area is 181 Å². The van der Waals surface area contributed by atoms with Crippen molar-refractivity contribution in [2.24, 2.45) is 5.10 Å². The van der Waals surface area contributed by atoms with Crippen molar-refractivity contribution in [3.63, 3.8) is 0 Å². The summed E-state index contributed by atoms with van der Waals surface area (Å²) in [7, 11) is -4.10. The van der Waals surface area contributed by atoms with Crippen LogP contribution >= 0.6 is 11.6 Å². The van der Waals surface area contributed by atoms with Gasteiger partial charge in [0.15, 0.2) is 27.4 Å². The molecule has 0 aliphatic carbocycles. The van der Waals surface area contributed by atoms with E-state index < -0.39 is 61.3 Å². The van der Waals surface area contributed by atoms with E-state index in [9.17, 15) is 38.1 Å². The normalized spacial score (nSPS) is 27.5. The van der Waals surface area contributed by atoms with Gasteiger partial charge in [-0.05, 0) is 26.0 Å². The van der Waals surface area contributed by atoms with Crippen LogP contribution in [-0.4, -0.2) is 74.8 Å². The number of phenols is 2. The van der Waals surface area contributed by atoms with Gasteiger partial charge in [-0.15, -0.1) is 0 Å². The molecule has 3 rings (SSSR count). The molecule has 0 unspecified atom stereocenters. The smallest absolute Gasteiger partial charge is 0.328 e. The van der Waals surface area contributed by atoms with Crippen LogP contribution in [0.1, 0.15) is 20.3 Å². The molecule has 2 aliphatic rings. The van der Waals surface area contributed by atoms with Gasteiger partial charge in [0.2, 0.25) is 5.91 Å². The molecule has 12 nitrogen and oxygen atoms in total. The number of carbonyl (C=O) groups is 3. The number of halogens is 1. The molecule has 0 bridgehead atoms. The average Bonchev–Trinajstić information content (AvgIpc) is 2.82. The molecular weight excluding hydrogens is 456 g/mol. The predicted octanol–water partition coefficient (Wildman–Crippen LogP) is -0.148. The summed E-state index contributed by atoms with van der Waals surface area (Å²) < 4.78 is 23.5. The third-order valence-corrected chi connectivity index (χ3v) is 8.38. The largest absolute Gasteiger partial charge is 0.504 e. The molecule has 31 heavy (non-hydrogen) atoms. The monoisotopic (exact) mass is 474 g/mol. The maximum Gasteiger partial charge on any atom is 0.328 e. The van der Waals surface area contributed by atoms with Gasteiger partial charge in [-0.1, -0.05) is 11.6 Å². The number of nitrogens with one attached hydrogen (secondary N) is 2. The highest BCUT2D eigenvalue weighted by atomic mass is 35.5. The van der Waals surface area contributed by atoms with Gasteiger partial charge in [0.25, 0.3) is 5.91 Å². The van der Waals surface area contributed by atoms with Gasteiger partial charge in [-0.25, -0.2) is 18.6 Å². The summed E-state index contributed by atoms with van der Waals surface area (Å²) >= 11 is 5.89. The van der Waals surface area contributed by atoms with E-state index in [0.29, 0.717) is 0 Å². The van der Waals surface area contributed by atoms with Gasteiger partial charge in [-0.2, -0.15) is 5.10 Å². The number of phenolic OH excluding ortho intramolecular Hbond substituents is 2. The van der Waals surface area contributed by atoms with E-state index in [1.807, 2.05) is 0 Å². The maximum absolute atomic E-state index is 12.8. The summed E-state index contributed by atoms with van der Waals surface area (Å²) in [6.45, 7) is 2.55. The van der Waals surface area contributed by atoms with Crippen LogP contribution < -0.4 is 10.7 Å². The minimum atomic E-state index is -4.10. The number of aromatic hydroxyl groups is 2. The zero-order valence-electron chi connectivity index (χ0n) is 16.2. The van der Waals surface area contributed by atoms with Crippen LogP contribution in [0.2, 0.25) is 5.02 Å². The molecule has 2 amide bonds. The molecular formula is C17H19ClN4O8S. The molecule has 2 fully saturated rings. The van der Waals surface area contributed by atoms with Crippen LogP contribution in [0, 0.1) is 0 Å². The predicted molar refractivity (Wildman–Crippen MR) is 109 cm³/mol. The van der Waals surface area contributed by atoms with Gasteiger partial charge in [-0.3, -0.25) is 9.59 Å². The first-order valence-electron chi connectivity index (χ1n) is 8.91. The first-order chi connectivity index (χ1) is 14.3. The van der Waals surface area contributed by atoms with E-state index >= 15 is 0 Å². The van der Waals surface area contributed by atoms with Crippen LogP contribution in [0.25, 0.3) is 0 Å². The molecule has 14 heteroatoms. The highest BCUT2D eigenvalue weighted by Crippen LogP contribution is 2.45. The van der Waals surface area contributed by atoms with Gasteiger partial charge >= 0.3 is 5.97 Å². The number of anilines is 1. The van der Waals surface area contributed by atoms with Gasteiger partial charge in [0.05, 0.1) is 12.1 Å². The SMILES string of the molecule is C[C@H](Nc1ccc(O)c(O)c1Cl)C(=O)N/N=C/[C@@]1(C)[C@H](C(=O)O)N2C(=O)C[C@H]2S1(=O)=O. The van der Waals surface area contributed by atoms with E-state index in [1.54, 1.807) is 0 Å². The number of nitrogens with zero attached hydrogens (tertiary/aromatic N) is 2. The van der Waals surface area contributed by atoms with Crippen LogP contribution in [0.15, 0.2) is 17.2 Å². The van der Waals surface area contributed by atoms with Crippen LogP contribution in [0.5, 0.6) is 11.5 Å². The fourth-order valence-corrected chi connectivity index (χ4v) is 5.92. The molecule has 2 saturated heterocycles. The number of carbonyl (C=O) groups excluding carboxylic acids is 2. The Hall–Kier alpha value is -3.06. The summed E-state index contributed by atoms with van der Waals surface area (Å²) in [5.74, 6) is -3.84. The molecule has 5 N–H and O–H groups in total. The quantitative estimate of drug-likeness (QED) is 0.123. The summed E-state index contributed by atoms with van der Waals surface area (Å²) in [5.41, 5.74) is 2.25. The number of amides is 2. The first kappa shape index (κ1) is 22.6. The average molecular weight is 475 g/mol. The second-order valence-corrected chi connectivity index (χ2v) is 10.2. The number of hydrogen-bond acceptors (Lipinski definition) is 9. The lowest BCUT2D eigenvalue weighted by Crippen LogP contribution is -2.57. The fraction of sp³-hybridized carbons (Fsp3) is 0.412. The van der Waals surface area contributed by atoms with Crippen LogP contribution in [0.4, 0.5) is 5.69 Å². The minimum absolute atomic E-state index is 0.141. The first-order valence-corrected chi connectivity index (χ1v) is 10.8. The second kappa shape index (κ2) is 7.57. The van der Waals surface area contributed by atoms with Crippen molar-refractivity contribution in [3.05, 3.63) is 17.2 Å². The van der Waals surface area contributed by atoms with Gasteiger partial charge in [0.1, 0.15) is 21.2 Å². The maximum atomic E-state index is 12.8. The Morgan fingerprint density at radius 1 is 1.39 bits per heavy atom. The standard InChI is InChI=1S/C17H19ClN4O8S/c1-7(20-8-3-4-9(23)13(25)12(8)18)15(26)21-19-6-17(2)14(16(27)28)22-10(24)5-11(22)31(17,29)30/h3-4,6-7,11,14,20,23,25H,5H2,1-2H3,(H,21,26)(H,27,28)/b19-6+/t7-,11+,14-,17-/m0/s1. The Morgan fingerprint density at radius 3 is 2.61 bits per heavy atom. The van der Waals surface area contributed by atoms with E-state index in [-0.39, 0.29) is 17.1 Å². The van der Waals surface area contributed by atoms with E-state index in [2.05, 4.69) is 15.8 Å².